The van der Waals surface area contributed by atoms with E-state index in [2.05, 4.69) is 21.2 Å². The Morgan fingerprint density at radius 1 is 1.20 bits per heavy atom. The predicted molar refractivity (Wildman–Crippen MR) is 76.2 cm³/mol. The monoisotopic (exact) mass is 336 g/mol. The summed E-state index contributed by atoms with van der Waals surface area (Å²) >= 11 is 3.20. The first-order valence-electron chi connectivity index (χ1n) is 5.87. The van der Waals surface area contributed by atoms with Crippen LogP contribution in [0.2, 0.25) is 0 Å². The first-order chi connectivity index (χ1) is 9.52. The molecule has 1 aliphatic heterocycles. The predicted octanol–water partition coefficient (Wildman–Crippen LogP) is 3.33. The minimum Gasteiger partial charge on any atom is -0.457 e. The lowest BCUT2D eigenvalue weighted by atomic mass is 10.1. The van der Waals surface area contributed by atoms with E-state index in [1.54, 1.807) is 24.3 Å². The molecule has 1 unspecified atom stereocenters. The second-order valence-corrected chi connectivity index (χ2v) is 5.34. The third-order valence-electron chi connectivity index (χ3n) is 2.97. The summed E-state index contributed by atoms with van der Waals surface area (Å²) in [7, 11) is 0. The Morgan fingerprint density at radius 2 is 2.00 bits per heavy atom. The third kappa shape index (κ3) is 2.39. The van der Waals surface area contributed by atoms with Crippen LogP contribution >= 0.6 is 15.9 Å². The molecule has 1 amide bonds. The lowest BCUT2D eigenvalue weighted by Gasteiger charge is -2.08. The molecule has 0 aliphatic carbocycles. The fraction of sp³-hybridized carbons (Fsp3) is 0.0714. The Kier molecular flexibility index (Phi) is 3.19. The second kappa shape index (κ2) is 4.88. The average Bonchev–Trinajstić information content (AvgIpc) is 2.63. The van der Waals surface area contributed by atoms with Crippen molar-refractivity contribution < 1.29 is 13.9 Å². The number of nitrogens with one attached hydrogen (secondary N) is 1. The van der Waals surface area contributed by atoms with Gasteiger partial charge in [-0.05, 0) is 18.2 Å². The molecule has 3 rings (SSSR count). The number of anilines is 1. The highest BCUT2D eigenvalue weighted by Crippen LogP contribution is 2.34. The number of amides is 1. The van der Waals surface area contributed by atoms with Crippen molar-refractivity contribution in [3.8, 4) is 11.5 Å². The maximum absolute atomic E-state index is 13.3. The molecule has 6 heteroatoms. The Morgan fingerprint density at radius 3 is 2.75 bits per heavy atom. The summed E-state index contributed by atoms with van der Waals surface area (Å²) in [6, 6.07) is 8.71. The molecule has 0 bridgehead atoms. The van der Waals surface area contributed by atoms with Gasteiger partial charge in [-0.3, -0.25) is 4.79 Å². The third-order valence-corrected chi connectivity index (χ3v) is 3.43. The largest absolute Gasteiger partial charge is 0.457 e. The number of hydrogen-bond donors (Lipinski definition) is 2. The molecular weight excluding hydrogens is 327 g/mol. The van der Waals surface area contributed by atoms with Crippen molar-refractivity contribution in [1.29, 1.82) is 0 Å². The Bertz CT molecular complexity index is 685. The Hall–Kier alpha value is -1.92. The van der Waals surface area contributed by atoms with E-state index in [9.17, 15) is 9.18 Å². The minimum absolute atomic E-state index is 0.245. The van der Waals surface area contributed by atoms with Crippen LogP contribution < -0.4 is 15.8 Å². The Balaban J connectivity index is 1.89. The molecule has 0 aromatic heterocycles. The lowest BCUT2D eigenvalue weighted by molar-refractivity contribution is -0.116. The van der Waals surface area contributed by atoms with Gasteiger partial charge in [0, 0.05) is 27.9 Å². The van der Waals surface area contributed by atoms with E-state index in [0.29, 0.717) is 21.7 Å². The van der Waals surface area contributed by atoms with Gasteiger partial charge in [-0.25, -0.2) is 4.39 Å². The fourth-order valence-corrected chi connectivity index (χ4v) is 2.50. The van der Waals surface area contributed by atoms with Crippen molar-refractivity contribution in [3.05, 3.63) is 52.3 Å². The maximum atomic E-state index is 13.3. The fourth-order valence-electron chi connectivity index (χ4n) is 2.05. The lowest BCUT2D eigenvalue weighted by Crippen LogP contribution is -2.19. The van der Waals surface area contributed by atoms with Crippen LogP contribution in [0.15, 0.2) is 40.9 Å². The number of carbonyl (C=O) groups is 1. The van der Waals surface area contributed by atoms with Crippen LogP contribution in [-0.4, -0.2) is 5.91 Å². The van der Waals surface area contributed by atoms with Crippen LogP contribution in [0.1, 0.15) is 11.6 Å². The van der Waals surface area contributed by atoms with Gasteiger partial charge in [0.25, 0.3) is 0 Å². The molecule has 0 spiro atoms. The number of fused-ring (bicyclic) bond motifs is 1. The molecule has 1 aliphatic rings. The van der Waals surface area contributed by atoms with E-state index >= 15 is 0 Å². The standard InChI is InChI=1S/C14H10BrFN2O2/c15-7-3-8(16)5-10(4-7)20-9-1-2-11-12(6-9)18-14(19)13(11)17/h1-6,13H,17H2,(H,18,19). The van der Waals surface area contributed by atoms with Gasteiger partial charge >= 0.3 is 0 Å². The van der Waals surface area contributed by atoms with E-state index in [1.807, 2.05) is 0 Å². The number of nitrogens with two attached hydrogens (primary N) is 1. The number of rotatable bonds is 2. The normalized spacial score (nSPS) is 16.8. The van der Waals surface area contributed by atoms with E-state index in [4.69, 9.17) is 10.5 Å². The van der Waals surface area contributed by atoms with Crippen LogP contribution in [0.3, 0.4) is 0 Å². The number of ether oxygens (including phenoxy) is 1. The van der Waals surface area contributed by atoms with Gasteiger partial charge < -0.3 is 15.8 Å². The van der Waals surface area contributed by atoms with Gasteiger partial charge in [0.2, 0.25) is 5.91 Å². The summed E-state index contributed by atoms with van der Waals surface area (Å²) in [4.78, 5) is 11.5. The van der Waals surface area contributed by atoms with Gasteiger partial charge in [-0.2, -0.15) is 0 Å². The summed E-state index contributed by atoms with van der Waals surface area (Å²) in [5.41, 5.74) is 7.07. The topological polar surface area (TPSA) is 64.4 Å². The number of carbonyl (C=O) groups excluding carboxylic acids is 1. The molecule has 102 valence electrons. The SMILES string of the molecule is NC1C(=O)Nc2cc(Oc3cc(F)cc(Br)c3)ccc21. The molecule has 0 saturated heterocycles. The zero-order chi connectivity index (χ0) is 14.3. The van der Waals surface area contributed by atoms with Crippen molar-refractivity contribution >= 4 is 27.5 Å². The van der Waals surface area contributed by atoms with Crippen molar-refractivity contribution in [2.24, 2.45) is 5.73 Å². The highest BCUT2D eigenvalue weighted by molar-refractivity contribution is 9.10. The van der Waals surface area contributed by atoms with Crippen LogP contribution in [0.5, 0.6) is 11.5 Å². The van der Waals surface area contributed by atoms with Gasteiger partial charge in [-0.1, -0.05) is 22.0 Å². The molecule has 0 fully saturated rings. The van der Waals surface area contributed by atoms with Crippen LogP contribution in [0.25, 0.3) is 0 Å². The molecular formula is C14H10BrFN2O2. The molecule has 4 nitrogen and oxygen atoms in total. The molecule has 1 heterocycles. The molecule has 20 heavy (non-hydrogen) atoms. The zero-order valence-corrected chi connectivity index (χ0v) is 11.8. The van der Waals surface area contributed by atoms with E-state index in [0.717, 1.165) is 5.56 Å². The first kappa shape index (κ1) is 13.1. The summed E-state index contributed by atoms with van der Waals surface area (Å²) < 4.78 is 19.4. The summed E-state index contributed by atoms with van der Waals surface area (Å²) in [6.45, 7) is 0. The van der Waals surface area contributed by atoms with Gasteiger partial charge in [-0.15, -0.1) is 0 Å². The van der Waals surface area contributed by atoms with Crippen molar-refractivity contribution in [2.75, 3.05) is 5.32 Å². The smallest absolute Gasteiger partial charge is 0.245 e. The van der Waals surface area contributed by atoms with Gasteiger partial charge in [0.15, 0.2) is 0 Å². The van der Waals surface area contributed by atoms with Crippen molar-refractivity contribution in [2.45, 2.75) is 6.04 Å². The highest BCUT2D eigenvalue weighted by atomic mass is 79.9. The van der Waals surface area contributed by atoms with E-state index in [1.165, 1.54) is 12.1 Å². The summed E-state index contributed by atoms with van der Waals surface area (Å²) in [5.74, 6) is 0.220. The molecule has 0 radical (unpaired) electrons. The van der Waals surface area contributed by atoms with Crippen molar-refractivity contribution in [1.82, 2.24) is 0 Å². The van der Waals surface area contributed by atoms with Crippen LogP contribution in [0, 0.1) is 5.82 Å². The number of halogens is 2. The molecule has 2 aromatic rings. The van der Waals surface area contributed by atoms with Gasteiger partial charge in [0.1, 0.15) is 23.4 Å². The number of benzene rings is 2. The number of hydrogen-bond acceptors (Lipinski definition) is 3. The van der Waals surface area contributed by atoms with E-state index < -0.39 is 11.9 Å². The molecule has 1 atom stereocenters. The van der Waals surface area contributed by atoms with Crippen LogP contribution in [-0.2, 0) is 4.79 Å². The Labute approximate surface area is 122 Å². The second-order valence-electron chi connectivity index (χ2n) is 4.42. The molecule has 3 N–H and O–H groups in total. The zero-order valence-electron chi connectivity index (χ0n) is 10.2. The minimum atomic E-state index is -0.651. The molecule has 2 aromatic carbocycles. The van der Waals surface area contributed by atoms with Crippen LogP contribution in [0.4, 0.5) is 10.1 Å². The average molecular weight is 337 g/mol. The molecule has 0 saturated carbocycles. The summed E-state index contributed by atoms with van der Waals surface area (Å²) in [6.07, 6.45) is 0. The van der Waals surface area contributed by atoms with E-state index in [-0.39, 0.29) is 5.91 Å². The quantitative estimate of drug-likeness (QED) is 0.884. The van der Waals surface area contributed by atoms with Crippen molar-refractivity contribution in [3.63, 3.8) is 0 Å². The highest BCUT2D eigenvalue weighted by Gasteiger charge is 2.27. The van der Waals surface area contributed by atoms with Gasteiger partial charge in [0.05, 0.1) is 0 Å². The summed E-state index contributed by atoms with van der Waals surface area (Å²) in [5, 5.41) is 2.67. The maximum Gasteiger partial charge on any atom is 0.245 e. The first-order valence-corrected chi connectivity index (χ1v) is 6.66.